The quantitative estimate of drug-likeness (QED) is 0.615. The molecule has 0 unspecified atom stereocenters. The van der Waals surface area contributed by atoms with Gasteiger partial charge < -0.3 is 10.2 Å². The second-order valence-corrected chi connectivity index (χ2v) is 10.6. The van der Waals surface area contributed by atoms with Crippen LogP contribution in [0.3, 0.4) is 0 Å². The van der Waals surface area contributed by atoms with Crippen LogP contribution in [0, 0.1) is 34.4 Å². The molecule has 2 nitrogen and oxygen atoms in total. The number of rotatable bonds is 1. The summed E-state index contributed by atoms with van der Waals surface area (Å²) in [6, 6.07) is 6.67. The summed E-state index contributed by atoms with van der Waals surface area (Å²) in [4.78, 5) is 0. The fraction of sp³-hybridized carbons (Fsp3) is 0.615. The topological polar surface area (TPSA) is 40.5 Å². The number of benzene rings is 1. The molecular formula is C26H33FO2. The van der Waals surface area contributed by atoms with Gasteiger partial charge in [-0.15, -0.1) is 0 Å². The normalized spacial score (nSPS) is 45.3. The van der Waals surface area contributed by atoms with E-state index in [0.717, 1.165) is 56.1 Å². The van der Waals surface area contributed by atoms with Crippen molar-refractivity contribution in [2.24, 2.45) is 28.6 Å². The SMILES string of the molecule is C[C@]12CC[C@@H]3[C@H](CC=C4C[C@H](O)CC[C@@]43C)[C@H]1C/C(=C\c1cccc(F)c1)[C@@H]2O. The summed E-state index contributed by atoms with van der Waals surface area (Å²) < 4.78 is 13.6. The van der Waals surface area contributed by atoms with Gasteiger partial charge in [-0.1, -0.05) is 43.7 Å². The van der Waals surface area contributed by atoms with Gasteiger partial charge in [-0.2, -0.15) is 0 Å². The Bertz CT molecular complexity index is 873. The van der Waals surface area contributed by atoms with Gasteiger partial charge in [0.25, 0.3) is 0 Å². The summed E-state index contributed by atoms with van der Waals surface area (Å²) in [6.45, 7) is 4.70. The van der Waals surface area contributed by atoms with Crippen molar-refractivity contribution in [2.75, 3.05) is 0 Å². The van der Waals surface area contributed by atoms with Crippen LogP contribution in [0.1, 0.15) is 64.4 Å². The molecule has 4 aliphatic carbocycles. The summed E-state index contributed by atoms with van der Waals surface area (Å²) in [5.41, 5.74) is 3.52. The zero-order valence-electron chi connectivity index (χ0n) is 17.6. The fourth-order valence-corrected chi connectivity index (χ4v) is 7.45. The van der Waals surface area contributed by atoms with Gasteiger partial charge in [-0.05, 0) is 91.4 Å². The Balaban J connectivity index is 1.47. The first-order valence-corrected chi connectivity index (χ1v) is 11.3. The highest BCUT2D eigenvalue weighted by Crippen LogP contribution is 2.65. The van der Waals surface area contributed by atoms with Crippen LogP contribution < -0.4 is 0 Å². The molecule has 2 N–H and O–H groups in total. The first-order chi connectivity index (χ1) is 13.8. The van der Waals surface area contributed by atoms with Gasteiger partial charge in [0, 0.05) is 5.41 Å². The molecule has 1 aromatic rings. The molecule has 0 saturated heterocycles. The highest BCUT2D eigenvalue weighted by molar-refractivity contribution is 5.55. The maximum Gasteiger partial charge on any atom is 0.123 e. The second kappa shape index (κ2) is 6.78. The largest absolute Gasteiger partial charge is 0.393 e. The monoisotopic (exact) mass is 396 g/mol. The van der Waals surface area contributed by atoms with E-state index >= 15 is 0 Å². The lowest BCUT2D eigenvalue weighted by Gasteiger charge is -2.57. The highest BCUT2D eigenvalue weighted by Gasteiger charge is 2.59. The molecule has 0 bridgehead atoms. The van der Waals surface area contributed by atoms with Crippen LogP contribution in [0.4, 0.5) is 4.39 Å². The average molecular weight is 397 g/mol. The molecule has 1 aromatic carbocycles. The minimum absolute atomic E-state index is 0.0871. The minimum Gasteiger partial charge on any atom is -0.393 e. The number of aliphatic hydroxyl groups excluding tert-OH is 2. The van der Waals surface area contributed by atoms with E-state index in [2.05, 4.69) is 19.9 Å². The summed E-state index contributed by atoms with van der Waals surface area (Å²) >= 11 is 0. The van der Waals surface area contributed by atoms with Gasteiger partial charge in [0.05, 0.1) is 12.2 Å². The highest BCUT2D eigenvalue weighted by atomic mass is 19.1. The Morgan fingerprint density at radius 2 is 1.90 bits per heavy atom. The maximum absolute atomic E-state index is 13.6. The molecule has 0 aromatic heterocycles. The Morgan fingerprint density at radius 3 is 2.69 bits per heavy atom. The van der Waals surface area contributed by atoms with Gasteiger partial charge >= 0.3 is 0 Å². The van der Waals surface area contributed by atoms with Crippen LogP contribution in [0.2, 0.25) is 0 Å². The van der Waals surface area contributed by atoms with E-state index < -0.39 is 6.10 Å². The van der Waals surface area contributed by atoms with Crippen LogP contribution in [0.25, 0.3) is 6.08 Å². The molecular weight excluding hydrogens is 363 g/mol. The molecule has 4 aliphatic rings. The molecule has 5 rings (SSSR count). The number of hydrogen-bond donors (Lipinski definition) is 2. The van der Waals surface area contributed by atoms with E-state index in [0.29, 0.717) is 17.8 Å². The summed E-state index contributed by atoms with van der Waals surface area (Å²) in [5.74, 6) is 1.48. The molecule has 0 heterocycles. The minimum atomic E-state index is -0.442. The van der Waals surface area contributed by atoms with E-state index in [1.807, 2.05) is 12.1 Å². The number of hydrogen-bond acceptors (Lipinski definition) is 2. The van der Waals surface area contributed by atoms with Gasteiger partial charge in [-0.25, -0.2) is 4.39 Å². The Morgan fingerprint density at radius 1 is 1.07 bits per heavy atom. The fourth-order valence-electron chi connectivity index (χ4n) is 7.45. The third-order valence-corrected chi connectivity index (χ3v) is 9.15. The van der Waals surface area contributed by atoms with Crippen molar-refractivity contribution in [2.45, 2.75) is 71.0 Å². The van der Waals surface area contributed by atoms with Crippen molar-refractivity contribution >= 4 is 6.08 Å². The molecule has 156 valence electrons. The predicted octanol–water partition coefficient (Wildman–Crippen LogP) is 5.50. The van der Waals surface area contributed by atoms with Crippen LogP contribution in [0.5, 0.6) is 0 Å². The van der Waals surface area contributed by atoms with E-state index in [1.54, 1.807) is 12.1 Å². The average Bonchev–Trinajstić information content (AvgIpc) is 2.93. The van der Waals surface area contributed by atoms with Crippen molar-refractivity contribution in [3.63, 3.8) is 0 Å². The first kappa shape index (κ1) is 19.5. The van der Waals surface area contributed by atoms with Gasteiger partial charge in [-0.3, -0.25) is 0 Å². The lowest BCUT2D eigenvalue weighted by atomic mass is 9.48. The molecule has 0 aliphatic heterocycles. The van der Waals surface area contributed by atoms with Crippen LogP contribution >= 0.6 is 0 Å². The van der Waals surface area contributed by atoms with Gasteiger partial charge in [0.1, 0.15) is 5.82 Å². The molecule has 3 fully saturated rings. The van der Waals surface area contributed by atoms with E-state index in [-0.39, 0.29) is 22.8 Å². The Labute approximate surface area is 173 Å². The third-order valence-electron chi connectivity index (χ3n) is 9.15. The standard InChI is InChI=1S/C26H33FO2/c1-25-10-8-20(28)15-18(25)6-7-21-22(25)9-11-26(2)23(21)14-17(24(26)29)12-16-4-3-5-19(27)13-16/h3-6,12-13,20-24,28-29H,7-11,14-15H2,1-2H3/b17-12+/t20-,21+,22-,23-,24+,25+,26+/m1/s1. The van der Waals surface area contributed by atoms with Crippen LogP contribution in [-0.2, 0) is 0 Å². The van der Waals surface area contributed by atoms with E-state index in [4.69, 9.17) is 0 Å². The molecule has 7 atom stereocenters. The van der Waals surface area contributed by atoms with Gasteiger partial charge in [0.15, 0.2) is 0 Å². The van der Waals surface area contributed by atoms with Crippen molar-refractivity contribution < 1.29 is 14.6 Å². The lowest BCUT2D eigenvalue weighted by molar-refractivity contribution is -0.0685. The zero-order chi connectivity index (χ0) is 20.4. The molecule has 29 heavy (non-hydrogen) atoms. The maximum atomic E-state index is 13.6. The van der Waals surface area contributed by atoms with E-state index in [1.165, 1.54) is 11.6 Å². The number of halogens is 1. The first-order valence-electron chi connectivity index (χ1n) is 11.3. The third kappa shape index (κ3) is 2.96. The second-order valence-electron chi connectivity index (χ2n) is 10.6. The van der Waals surface area contributed by atoms with Crippen molar-refractivity contribution in [1.29, 1.82) is 0 Å². The summed E-state index contributed by atoms with van der Waals surface area (Å²) in [5, 5.41) is 21.5. The summed E-state index contributed by atoms with van der Waals surface area (Å²) in [6.07, 6.45) is 10.9. The van der Waals surface area contributed by atoms with Crippen LogP contribution in [0.15, 0.2) is 41.5 Å². The molecule has 0 amide bonds. The molecule has 3 heteroatoms. The van der Waals surface area contributed by atoms with Crippen molar-refractivity contribution in [3.05, 3.63) is 52.9 Å². The zero-order valence-corrected chi connectivity index (χ0v) is 17.6. The van der Waals surface area contributed by atoms with Crippen LogP contribution in [-0.4, -0.2) is 22.4 Å². The smallest absolute Gasteiger partial charge is 0.123 e. The van der Waals surface area contributed by atoms with Crippen molar-refractivity contribution in [3.8, 4) is 0 Å². The molecule has 0 radical (unpaired) electrons. The Kier molecular flexibility index (Phi) is 4.56. The van der Waals surface area contributed by atoms with E-state index in [9.17, 15) is 14.6 Å². The van der Waals surface area contributed by atoms with Crippen molar-refractivity contribution in [1.82, 2.24) is 0 Å². The molecule has 3 saturated carbocycles. The van der Waals surface area contributed by atoms with Gasteiger partial charge in [0.2, 0.25) is 0 Å². The number of aliphatic hydroxyl groups is 2. The number of allylic oxidation sites excluding steroid dienone is 1. The Hall–Kier alpha value is -1.45. The predicted molar refractivity (Wildman–Crippen MR) is 113 cm³/mol. The lowest BCUT2D eigenvalue weighted by Crippen LogP contribution is -2.51. The number of fused-ring (bicyclic) bond motifs is 5. The molecule has 0 spiro atoms. The summed E-state index contributed by atoms with van der Waals surface area (Å²) in [7, 11) is 0.